The average molecular weight is 240 g/mol. The van der Waals surface area contributed by atoms with Crippen LogP contribution in [-0.2, 0) is 0 Å². The zero-order valence-electron chi connectivity index (χ0n) is 10.2. The second-order valence-electron chi connectivity index (χ2n) is 4.72. The molecule has 2 nitrogen and oxygen atoms in total. The molecule has 1 aliphatic rings. The maximum Gasteiger partial charge on any atom is 0.151 e. The molecular formula is C13H18F2N2. The van der Waals surface area contributed by atoms with Gasteiger partial charge in [-0.05, 0) is 32.3 Å². The molecule has 17 heavy (non-hydrogen) atoms. The Labute approximate surface area is 100 Å². The standard InChI is InChI=1S/C13H18F2N2/c1-3-10-5-4-8(2)17(10)12-7-9(14)6-11(15)13(12)16/h6-8,10H,3-5,16H2,1-2H3. The lowest BCUT2D eigenvalue weighted by Gasteiger charge is -2.31. The smallest absolute Gasteiger partial charge is 0.151 e. The molecular weight excluding hydrogens is 222 g/mol. The summed E-state index contributed by atoms with van der Waals surface area (Å²) in [4.78, 5) is 2.06. The van der Waals surface area contributed by atoms with Gasteiger partial charge in [0.15, 0.2) is 5.82 Å². The molecule has 0 amide bonds. The van der Waals surface area contributed by atoms with Gasteiger partial charge in [-0.25, -0.2) is 8.78 Å². The molecule has 0 bridgehead atoms. The minimum Gasteiger partial charge on any atom is -0.395 e. The van der Waals surface area contributed by atoms with Gasteiger partial charge in [0.25, 0.3) is 0 Å². The third-order valence-corrected chi connectivity index (χ3v) is 3.61. The Morgan fingerprint density at radius 3 is 2.71 bits per heavy atom. The van der Waals surface area contributed by atoms with E-state index in [1.165, 1.54) is 6.07 Å². The summed E-state index contributed by atoms with van der Waals surface area (Å²) in [6.07, 6.45) is 3.05. The van der Waals surface area contributed by atoms with Crippen LogP contribution in [-0.4, -0.2) is 12.1 Å². The lowest BCUT2D eigenvalue weighted by atomic mass is 10.1. The summed E-state index contributed by atoms with van der Waals surface area (Å²) in [5, 5.41) is 0. The number of nitrogens with two attached hydrogens (primary N) is 1. The Bertz CT molecular complexity index is 420. The predicted octanol–water partition coefficient (Wildman–Crippen LogP) is 3.31. The fraction of sp³-hybridized carbons (Fsp3) is 0.538. The molecule has 1 aromatic rings. The van der Waals surface area contributed by atoms with Gasteiger partial charge in [0.2, 0.25) is 0 Å². The van der Waals surface area contributed by atoms with Crippen LogP contribution < -0.4 is 10.6 Å². The van der Waals surface area contributed by atoms with E-state index in [0.717, 1.165) is 25.3 Å². The van der Waals surface area contributed by atoms with E-state index in [4.69, 9.17) is 5.73 Å². The molecule has 94 valence electrons. The van der Waals surface area contributed by atoms with Crippen LogP contribution in [0.15, 0.2) is 12.1 Å². The molecule has 0 radical (unpaired) electrons. The van der Waals surface area contributed by atoms with Crippen molar-refractivity contribution < 1.29 is 8.78 Å². The quantitative estimate of drug-likeness (QED) is 0.803. The molecule has 1 aliphatic heterocycles. The van der Waals surface area contributed by atoms with Crippen LogP contribution in [0.2, 0.25) is 0 Å². The zero-order chi connectivity index (χ0) is 12.6. The first-order valence-electron chi connectivity index (χ1n) is 6.07. The van der Waals surface area contributed by atoms with Crippen molar-refractivity contribution in [1.29, 1.82) is 0 Å². The van der Waals surface area contributed by atoms with Crippen molar-refractivity contribution in [3.8, 4) is 0 Å². The summed E-state index contributed by atoms with van der Waals surface area (Å²) in [6, 6.07) is 2.78. The number of hydrogen-bond donors (Lipinski definition) is 1. The second-order valence-corrected chi connectivity index (χ2v) is 4.72. The van der Waals surface area contributed by atoms with Gasteiger partial charge in [-0.15, -0.1) is 0 Å². The zero-order valence-corrected chi connectivity index (χ0v) is 10.2. The monoisotopic (exact) mass is 240 g/mol. The average Bonchev–Trinajstić information content (AvgIpc) is 2.65. The lowest BCUT2D eigenvalue weighted by Crippen LogP contribution is -2.34. The van der Waals surface area contributed by atoms with Gasteiger partial charge < -0.3 is 10.6 Å². The highest BCUT2D eigenvalue weighted by molar-refractivity contribution is 5.69. The Hall–Kier alpha value is -1.32. The van der Waals surface area contributed by atoms with Gasteiger partial charge in [0.1, 0.15) is 5.82 Å². The molecule has 0 spiro atoms. The lowest BCUT2D eigenvalue weighted by molar-refractivity contribution is 0.578. The van der Waals surface area contributed by atoms with E-state index in [0.29, 0.717) is 11.7 Å². The van der Waals surface area contributed by atoms with Crippen LogP contribution in [0.3, 0.4) is 0 Å². The van der Waals surface area contributed by atoms with E-state index in [2.05, 4.69) is 18.7 Å². The molecule has 1 heterocycles. The highest BCUT2D eigenvalue weighted by atomic mass is 19.1. The summed E-state index contributed by atoms with van der Waals surface area (Å²) in [5.41, 5.74) is 6.28. The van der Waals surface area contributed by atoms with E-state index >= 15 is 0 Å². The van der Waals surface area contributed by atoms with E-state index in [-0.39, 0.29) is 11.7 Å². The number of nitrogens with zero attached hydrogens (tertiary/aromatic N) is 1. The normalized spacial score (nSPS) is 24.4. The molecule has 0 saturated carbocycles. The number of halogens is 2. The first-order chi connectivity index (χ1) is 8.04. The molecule has 4 heteroatoms. The first-order valence-corrected chi connectivity index (χ1v) is 6.07. The number of rotatable bonds is 2. The molecule has 1 fully saturated rings. The first kappa shape index (κ1) is 12.1. The van der Waals surface area contributed by atoms with Gasteiger partial charge in [-0.3, -0.25) is 0 Å². The Balaban J connectivity index is 2.45. The molecule has 2 N–H and O–H groups in total. The molecule has 2 rings (SSSR count). The summed E-state index contributed by atoms with van der Waals surface area (Å²) in [5.74, 6) is -1.24. The molecule has 0 aliphatic carbocycles. The van der Waals surface area contributed by atoms with Crippen molar-refractivity contribution in [2.45, 2.75) is 45.2 Å². The maximum absolute atomic E-state index is 13.5. The van der Waals surface area contributed by atoms with Crippen LogP contribution in [0.1, 0.15) is 33.1 Å². The van der Waals surface area contributed by atoms with E-state index < -0.39 is 11.6 Å². The van der Waals surface area contributed by atoms with Crippen LogP contribution >= 0.6 is 0 Å². The SMILES string of the molecule is CCC1CCC(C)N1c1cc(F)cc(F)c1N. The van der Waals surface area contributed by atoms with Crippen molar-refractivity contribution >= 4 is 11.4 Å². The summed E-state index contributed by atoms with van der Waals surface area (Å²) >= 11 is 0. The number of benzene rings is 1. The van der Waals surface area contributed by atoms with Crippen LogP contribution in [0.25, 0.3) is 0 Å². The molecule has 2 atom stereocenters. The second kappa shape index (κ2) is 4.51. The van der Waals surface area contributed by atoms with Crippen molar-refractivity contribution in [2.24, 2.45) is 0 Å². The predicted molar refractivity (Wildman–Crippen MR) is 66.0 cm³/mol. The van der Waals surface area contributed by atoms with Crippen molar-refractivity contribution in [2.75, 3.05) is 10.6 Å². The summed E-state index contributed by atoms with van der Waals surface area (Å²) in [7, 11) is 0. The summed E-state index contributed by atoms with van der Waals surface area (Å²) in [6.45, 7) is 4.15. The van der Waals surface area contributed by atoms with Crippen LogP contribution in [0.4, 0.5) is 20.2 Å². The fourth-order valence-corrected chi connectivity index (χ4v) is 2.69. The van der Waals surface area contributed by atoms with Crippen LogP contribution in [0.5, 0.6) is 0 Å². The minimum absolute atomic E-state index is 0.0543. The van der Waals surface area contributed by atoms with E-state index in [9.17, 15) is 8.78 Å². The van der Waals surface area contributed by atoms with Crippen molar-refractivity contribution in [1.82, 2.24) is 0 Å². The van der Waals surface area contributed by atoms with Gasteiger partial charge >= 0.3 is 0 Å². The van der Waals surface area contributed by atoms with Crippen molar-refractivity contribution in [3.05, 3.63) is 23.8 Å². The third-order valence-electron chi connectivity index (χ3n) is 3.61. The molecule has 1 aromatic carbocycles. The highest BCUT2D eigenvalue weighted by Crippen LogP contribution is 2.36. The fourth-order valence-electron chi connectivity index (χ4n) is 2.69. The molecule has 2 unspecified atom stereocenters. The minimum atomic E-state index is -0.672. The Morgan fingerprint density at radius 2 is 2.06 bits per heavy atom. The third kappa shape index (κ3) is 2.08. The van der Waals surface area contributed by atoms with Gasteiger partial charge in [-0.1, -0.05) is 6.92 Å². The van der Waals surface area contributed by atoms with E-state index in [1.54, 1.807) is 0 Å². The number of anilines is 2. The van der Waals surface area contributed by atoms with E-state index in [1.807, 2.05) is 0 Å². The Morgan fingerprint density at radius 1 is 1.35 bits per heavy atom. The largest absolute Gasteiger partial charge is 0.395 e. The van der Waals surface area contributed by atoms with Crippen molar-refractivity contribution in [3.63, 3.8) is 0 Å². The maximum atomic E-state index is 13.5. The molecule has 1 saturated heterocycles. The number of nitrogen functional groups attached to an aromatic ring is 1. The molecule has 0 aromatic heterocycles. The Kier molecular flexibility index (Phi) is 3.22. The highest BCUT2D eigenvalue weighted by Gasteiger charge is 2.31. The summed E-state index contributed by atoms with van der Waals surface area (Å²) < 4.78 is 26.8. The van der Waals surface area contributed by atoms with Gasteiger partial charge in [0.05, 0.1) is 11.4 Å². The van der Waals surface area contributed by atoms with Gasteiger partial charge in [-0.2, -0.15) is 0 Å². The van der Waals surface area contributed by atoms with Crippen LogP contribution in [0, 0.1) is 11.6 Å². The van der Waals surface area contributed by atoms with Gasteiger partial charge in [0, 0.05) is 18.2 Å². The number of hydrogen-bond acceptors (Lipinski definition) is 2. The topological polar surface area (TPSA) is 29.3 Å².